The molecule has 27 heavy (non-hydrogen) atoms. The molecule has 0 spiro atoms. The van der Waals surface area contributed by atoms with Gasteiger partial charge in [0, 0.05) is 17.8 Å². The van der Waals surface area contributed by atoms with E-state index in [0.29, 0.717) is 25.0 Å². The van der Waals surface area contributed by atoms with Crippen LogP contribution < -0.4 is 11.0 Å². The normalized spacial score (nSPS) is 20.0. The summed E-state index contributed by atoms with van der Waals surface area (Å²) in [6.07, 6.45) is 1.61. The molecule has 3 rings (SSSR count). The van der Waals surface area contributed by atoms with E-state index in [1.165, 1.54) is 12.1 Å². The van der Waals surface area contributed by atoms with Crippen molar-refractivity contribution in [2.45, 2.75) is 51.7 Å². The Bertz CT molecular complexity index is 847. The molecule has 1 amide bonds. The molecule has 0 radical (unpaired) electrons. The van der Waals surface area contributed by atoms with E-state index in [1.807, 2.05) is 0 Å². The molecule has 1 aromatic heterocycles. The molecule has 1 fully saturated rings. The van der Waals surface area contributed by atoms with Crippen molar-refractivity contribution in [3.8, 4) is 0 Å². The molecular weight excluding hydrogens is 349 g/mol. The molecule has 1 aliphatic carbocycles. The molecule has 0 saturated heterocycles. The lowest BCUT2D eigenvalue weighted by Gasteiger charge is -2.38. The van der Waals surface area contributed by atoms with Gasteiger partial charge in [0.1, 0.15) is 5.82 Å². The first kappa shape index (κ1) is 19.2. The van der Waals surface area contributed by atoms with Gasteiger partial charge in [0.2, 0.25) is 5.91 Å². The molecule has 1 unspecified atom stereocenters. The first-order valence-corrected chi connectivity index (χ1v) is 9.12. The molecule has 1 atom stereocenters. The summed E-state index contributed by atoms with van der Waals surface area (Å²) >= 11 is 0. The number of halogens is 1. The second-order valence-electron chi connectivity index (χ2n) is 7.21. The number of aliphatic hydroxyl groups is 1. The Balaban J connectivity index is 1.68. The fourth-order valence-electron chi connectivity index (χ4n) is 3.65. The minimum absolute atomic E-state index is 0.129. The zero-order valence-electron chi connectivity index (χ0n) is 15.5. The Morgan fingerprint density at radius 3 is 2.59 bits per heavy atom. The molecule has 1 aliphatic rings. The fourth-order valence-corrected chi connectivity index (χ4v) is 3.65. The van der Waals surface area contributed by atoms with E-state index < -0.39 is 5.69 Å². The third kappa shape index (κ3) is 4.60. The van der Waals surface area contributed by atoms with E-state index in [9.17, 15) is 19.1 Å². The number of H-pyrrole nitrogens is 1. The molecule has 0 aliphatic heterocycles. The lowest BCUT2D eigenvalue weighted by molar-refractivity contribution is -0.123. The summed E-state index contributed by atoms with van der Waals surface area (Å²) in [5.41, 5.74) is 2.65. The number of benzene rings is 1. The van der Waals surface area contributed by atoms with E-state index in [2.05, 4.69) is 15.3 Å². The number of aromatic nitrogens is 2. The van der Waals surface area contributed by atoms with Crippen LogP contribution in [0.1, 0.15) is 47.8 Å². The van der Waals surface area contributed by atoms with Crippen molar-refractivity contribution in [2.24, 2.45) is 5.92 Å². The second kappa shape index (κ2) is 8.00. The quantitative estimate of drug-likeness (QED) is 0.723. The van der Waals surface area contributed by atoms with E-state index in [1.54, 1.807) is 26.0 Å². The lowest BCUT2D eigenvalue weighted by atomic mass is 9.75. The van der Waals surface area contributed by atoms with Gasteiger partial charge in [-0.1, -0.05) is 12.1 Å². The van der Waals surface area contributed by atoms with Gasteiger partial charge in [-0.05, 0) is 62.3 Å². The molecular formula is C20H24FN3O3. The Hall–Kier alpha value is -2.54. The maximum Gasteiger partial charge on any atom is 0.345 e. The Labute approximate surface area is 156 Å². The number of aromatic amines is 1. The fraction of sp³-hybridized carbons (Fsp3) is 0.450. The van der Waals surface area contributed by atoms with Crippen molar-refractivity contribution in [3.63, 3.8) is 0 Å². The highest BCUT2D eigenvalue weighted by Gasteiger charge is 2.35. The average molecular weight is 373 g/mol. The van der Waals surface area contributed by atoms with Gasteiger partial charge in [-0.3, -0.25) is 4.79 Å². The molecule has 1 heterocycles. The first-order valence-electron chi connectivity index (χ1n) is 9.12. The predicted octanol–water partition coefficient (Wildman–Crippen LogP) is 2.09. The number of aryl methyl sites for hydroxylation is 2. The third-order valence-corrected chi connectivity index (χ3v) is 5.22. The van der Waals surface area contributed by atoms with Gasteiger partial charge < -0.3 is 15.4 Å². The Morgan fingerprint density at radius 1 is 1.33 bits per heavy atom. The molecule has 3 N–H and O–H groups in total. The third-order valence-electron chi connectivity index (χ3n) is 5.22. The van der Waals surface area contributed by atoms with Crippen molar-refractivity contribution in [1.82, 2.24) is 15.3 Å². The number of hydrogen-bond donors (Lipinski definition) is 3. The number of carbonyl (C=O) groups is 1. The topological polar surface area (TPSA) is 95.1 Å². The van der Waals surface area contributed by atoms with Crippen LogP contribution in [0.5, 0.6) is 0 Å². The van der Waals surface area contributed by atoms with Gasteiger partial charge >= 0.3 is 5.69 Å². The van der Waals surface area contributed by atoms with Crippen molar-refractivity contribution in [3.05, 3.63) is 63.1 Å². The van der Waals surface area contributed by atoms with E-state index in [4.69, 9.17) is 0 Å². The molecule has 1 aromatic carbocycles. The summed E-state index contributed by atoms with van der Waals surface area (Å²) in [5.74, 6) is -0.322. The largest absolute Gasteiger partial charge is 0.393 e. The van der Waals surface area contributed by atoms with Crippen LogP contribution in [0.2, 0.25) is 0 Å². The SMILES string of the molecule is Cc1nc(=O)[nH]c(C)c1CCC(=O)NC(c1ccc(F)cc1)C1CC(O)C1. The number of aliphatic hydroxyl groups excluding tert-OH is 1. The molecule has 2 aromatic rings. The number of carbonyl (C=O) groups excluding carboxylic acids is 1. The van der Waals surface area contributed by atoms with Gasteiger partial charge in [-0.15, -0.1) is 0 Å². The average Bonchev–Trinajstić information content (AvgIpc) is 2.57. The molecule has 6 nitrogen and oxygen atoms in total. The number of nitrogens with one attached hydrogen (secondary N) is 2. The summed E-state index contributed by atoms with van der Waals surface area (Å²) in [4.78, 5) is 30.5. The van der Waals surface area contributed by atoms with E-state index in [0.717, 1.165) is 16.8 Å². The highest BCUT2D eigenvalue weighted by Crippen LogP contribution is 2.38. The summed E-state index contributed by atoms with van der Waals surface area (Å²) in [6, 6.07) is 5.85. The number of rotatable bonds is 6. The Morgan fingerprint density at radius 2 is 2.00 bits per heavy atom. The number of nitrogens with zero attached hydrogens (tertiary/aromatic N) is 1. The highest BCUT2D eigenvalue weighted by atomic mass is 19.1. The van der Waals surface area contributed by atoms with Gasteiger partial charge in [0.25, 0.3) is 0 Å². The first-order chi connectivity index (χ1) is 12.8. The summed E-state index contributed by atoms with van der Waals surface area (Å²) in [5, 5.41) is 12.7. The van der Waals surface area contributed by atoms with Crippen LogP contribution in [0.25, 0.3) is 0 Å². The summed E-state index contributed by atoms with van der Waals surface area (Å²) in [7, 11) is 0. The molecule has 7 heteroatoms. The minimum atomic E-state index is -0.391. The van der Waals surface area contributed by atoms with Crippen LogP contribution in [0.4, 0.5) is 4.39 Å². The monoisotopic (exact) mass is 373 g/mol. The van der Waals surface area contributed by atoms with Crippen molar-refractivity contribution in [1.29, 1.82) is 0 Å². The minimum Gasteiger partial charge on any atom is -0.393 e. The van der Waals surface area contributed by atoms with E-state index >= 15 is 0 Å². The molecule has 1 saturated carbocycles. The van der Waals surface area contributed by atoms with Crippen LogP contribution in [0.15, 0.2) is 29.1 Å². The van der Waals surface area contributed by atoms with Crippen LogP contribution in [-0.2, 0) is 11.2 Å². The van der Waals surface area contributed by atoms with Gasteiger partial charge in [0.05, 0.1) is 12.1 Å². The van der Waals surface area contributed by atoms with Crippen LogP contribution >= 0.6 is 0 Å². The van der Waals surface area contributed by atoms with Crippen molar-refractivity contribution in [2.75, 3.05) is 0 Å². The van der Waals surface area contributed by atoms with E-state index in [-0.39, 0.29) is 36.2 Å². The maximum absolute atomic E-state index is 13.2. The van der Waals surface area contributed by atoms with Crippen LogP contribution in [0.3, 0.4) is 0 Å². The lowest BCUT2D eigenvalue weighted by Crippen LogP contribution is -2.41. The highest BCUT2D eigenvalue weighted by molar-refractivity contribution is 5.76. The summed E-state index contributed by atoms with van der Waals surface area (Å²) < 4.78 is 13.2. The zero-order chi connectivity index (χ0) is 19.6. The van der Waals surface area contributed by atoms with Gasteiger partial charge in [-0.25, -0.2) is 9.18 Å². The predicted molar refractivity (Wildman–Crippen MR) is 98.7 cm³/mol. The van der Waals surface area contributed by atoms with Crippen molar-refractivity contribution >= 4 is 5.91 Å². The molecule has 0 bridgehead atoms. The maximum atomic E-state index is 13.2. The van der Waals surface area contributed by atoms with Gasteiger partial charge in [0.15, 0.2) is 0 Å². The van der Waals surface area contributed by atoms with Crippen LogP contribution in [-0.4, -0.2) is 27.1 Å². The smallest absolute Gasteiger partial charge is 0.345 e. The number of amides is 1. The summed E-state index contributed by atoms with van der Waals surface area (Å²) in [6.45, 7) is 3.55. The second-order valence-corrected chi connectivity index (χ2v) is 7.21. The van der Waals surface area contributed by atoms with Gasteiger partial charge in [-0.2, -0.15) is 4.98 Å². The Kier molecular flexibility index (Phi) is 5.70. The van der Waals surface area contributed by atoms with Crippen LogP contribution in [0, 0.1) is 25.6 Å². The standard InChI is InChI=1S/C20H24FN3O3/c1-11-17(12(2)23-20(27)22-11)7-8-18(26)24-19(14-9-16(25)10-14)13-3-5-15(21)6-4-13/h3-6,14,16,19,25H,7-10H2,1-2H3,(H,24,26)(H,22,23,27). The molecule has 144 valence electrons. The zero-order valence-corrected chi connectivity index (χ0v) is 15.5. The van der Waals surface area contributed by atoms with Crippen molar-refractivity contribution < 1.29 is 14.3 Å². The number of hydrogen-bond acceptors (Lipinski definition) is 4.